The summed E-state index contributed by atoms with van der Waals surface area (Å²) in [5.41, 5.74) is 0.797. The summed E-state index contributed by atoms with van der Waals surface area (Å²) in [6.45, 7) is 0.430. The second-order valence-corrected chi connectivity index (χ2v) is 7.42. The summed E-state index contributed by atoms with van der Waals surface area (Å²) < 4.78 is 38.4. The van der Waals surface area contributed by atoms with Gasteiger partial charge in [-0.1, -0.05) is 64.1 Å². The van der Waals surface area contributed by atoms with Crippen LogP contribution in [-0.2, 0) is 19.3 Å². The summed E-state index contributed by atoms with van der Waals surface area (Å²) in [7, 11) is 0. The maximum Gasteiger partial charge on any atom is 0.416 e. The molecule has 2 aromatic rings. The van der Waals surface area contributed by atoms with Crippen molar-refractivity contribution in [2.75, 3.05) is 0 Å². The highest BCUT2D eigenvalue weighted by atomic mass is 35.5. The third-order valence-corrected chi connectivity index (χ3v) is 6.18. The van der Waals surface area contributed by atoms with Crippen molar-refractivity contribution in [2.45, 2.75) is 19.3 Å². The Labute approximate surface area is 172 Å². The number of hydrogen-bond acceptors (Lipinski definition) is 2. The Hall–Kier alpha value is -0.850. The van der Waals surface area contributed by atoms with Gasteiger partial charge in [-0.3, -0.25) is 5.01 Å². The zero-order chi connectivity index (χ0) is 19.2. The van der Waals surface area contributed by atoms with E-state index in [1.165, 1.54) is 12.3 Å². The van der Waals surface area contributed by atoms with Gasteiger partial charge in [0.25, 0.3) is 0 Å². The highest BCUT2D eigenvalue weighted by Crippen LogP contribution is 2.44. The van der Waals surface area contributed by atoms with E-state index in [0.717, 1.165) is 12.1 Å². The van der Waals surface area contributed by atoms with E-state index in [9.17, 15) is 13.2 Å². The number of alkyl halides is 3. The lowest BCUT2D eigenvalue weighted by atomic mass is 10.0. The Bertz CT molecular complexity index is 883. The molecule has 0 bridgehead atoms. The van der Waals surface area contributed by atoms with Gasteiger partial charge in [-0.05, 0) is 17.7 Å². The molecular weight excluding hydrogens is 454 g/mol. The highest BCUT2D eigenvalue weighted by molar-refractivity contribution is 6.55. The molecule has 0 saturated heterocycles. The van der Waals surface area contributed by atoms with Gasteiger partial charge in [0.2, 0.25) is 0 Å². The van der Waals surface area contributed by atoms with Gasteiger partial charge < -0.3 is 0 Å². The molecular formula is C16H8Cl5F3N2. The smallest absolute Gasteiger partial charge is 0.288 e. The van der Waals surface area contributed by atoms with Crippen LogP contribution in [0.3, 0.4) is 0 Å². The monoisotopic (exact) mass is 460 g/mol. The minimum Gasteiger partial charge on any atom is -0.288 e. The van der Waals surface area contributed by atoms with Gasteiger partial charge in [-0.25, -0.2) is 0 Å². The molecule has 0 fully saturated rings. The van der Waals surface area contributed by atoms with Gasteiger partial charge >= 0.3 is 6.18 Å². The molecule has 1 heterocycles. The lowest BCUT2D eigenvalue weighted by molar-refractivity contribution is -0.137. The quantitative estimate of drug-likeness (QED) is 0.337. The van der Waals surface area contributed by atoms with Crippen LogP contribution in [0.4, 0.5) is 13.2 Å². The minimum atomic E-state index is -4.40. The first-order chi connectivity index (χ1) is 12.1. The Morgan fingerprint density at radius 1 is 0.923 bits per heavy atom. The SMILES string of the molecule is FC(F)(F)c1ccc2c(c1)C=NN(Cc1c(Cl)c(Cl)c(Cl)c(Cl)c1Cl)C2. The molecule has 0 amide bonds. The summed E-state index contributed by atoms with van der Waals surface area (Å²) in [5, 5.41) is 6.26. The maximum absolute atomic E-state index is 12.8. The Balaban J connectivity index is 1.89. The largest absolute Gasteiger partial charge is 0.416 e. The van der Waals surface area contributed by atoms with Crippen LogP contribution in [0.25, 0.3) is 0 Å². The molecule has 0 aliphatic carbocycles. The van der Waals surface area contributed by atoms with Crippen molar-refractivity contribution in [2.24, 2.45) is 5.10 Å². The first-order valence-electron chi connectivity index (χ1n) is 7.09. The molecule has 10 heteroatoms. The van der Waals surface area contributed by atoms with Gasteiger partial charge in [-0.15, -0.1) is 0 Å². The van der Waals surface area contributed by atoms with Crippen molar-refractivity contribution in [3.63, 3.8) is 0 Å². The van der Waals surface area contributed by atoms with E-state index < -0.39 is 11.7 Å². The summed E-state index contributed by atoms with van der Waals surface area (Å²) >= 11 is 30.5. The molecule has 138 valence electrons. The fourth-order valence-electron chi connectivity index (χ4n) is 2.49. The molecule has 0 N–H and O–H groups in total. The van der Waals surface area contributed by atoms with E-state index >= 15 is 0 Å². The van der Waals surface area contributed by atoms with E-state index in [-0.39, 0.29) is 38.2 Å². The van der Waals surface area contributed by atoms with Crippen molar-refractivity contribution >= 4 is 64.2 Å². The second-order valence-electron chi connectivity index (χ2n) is 5.53. The minimum absolute atomic E-state index is 0.0549. The number of nitrogens with zero attached hydrogens (tertiary/aromatic N) is 2. The third kappa shape index (κ3) is 3.73. The molecule has 26 heavy (non-hydrogen) atoms. The molecule has 0 radical (unpaired) electrons. The molecule has 3 rings (SSSR count). The molecule has 0 atom stereocenters. The maximum atomic E-state index is 12.8. The van der Waals surface area contributed by atoms with Crippen LogP contribution in [0.2, 0.25) is 25.1 Å². The number of rotatable bonds is 2. The van der Waals surface area contributed by atoms with E-state index in [2.05, 4.69) is 5.10 Å². The molecule has 1 aliphatic rings. The predicted octanol–water partition coefficient (Wildman–Crippen LogP) is 7.32. The van der Waals surface area contributed by atoms with E-state index in [1.54, 1.807) is 5.01 Å². The summed E-state index contributed by atoms with van der Waals surface area (Å²) in [4.78, 5) is 0. The Morgan fingerprint density at radius 2 is 1.50 bits per heavy atom. The average molecular weight is 463 g/mol. The number of fused-ring (bicyclic) bond motifs is 1. The number of hydrazone groups is 1. The van der Waals surface area contributed by atoms with Crippen LogP contribution in [0.1, 0.15) is 22.3 Å². The Kier molecular flexibility index (Phi) is 5.58. The number of benzene rings is 2. The highest BCUT2D eigenvalue weighted by Gasteiger charge is 2.31. The fourth-order valence-corrected chi connectivity index (χ4v) is 3.78. The molecule has 0 saturated carbocycles. The van der Waals surface area contributed by atoms with Crippen molar-refractivity contribution in [3.05, 3.63) is 65.6 Å². The zero-order valence-corrected chi connectivity index (χ0v) is 16.4. The van der Waals surface area contributed by atoms with Crippen molar-refractivity contribution < 1.29 is 13.2 Å². The van der Waals surface area contributed by atoms with Crippen molar-refractivity contribution in [3.8, 4) is 0 Å². The Morgan fingerprint density at radius 3 is 2.08 bits per heavy atom. The van der Waals surface area contributed by atoms with E-state index in [1.807, 2.05) is 0 Å². The van der Waals surface area contributed by atoms with E-state index in [4.69, 9.17) is 58.0 Å². The molecule has 2 aromatic carbocycles. The van der Waals surface area contributed by atoms with Crippen LogP contribution in [0.15, 0.2) is 23.3 Å². The summed E-state index contributed by atoms with van der Waals surface area (Å²) in [6.07, 6.45) is -3.05. The zero-order valence-electron chi connectivity index (χ0n) is 12.6. The molecule has 0 unspecified atom stereocenters. The molecule has 0 spiro atoms. The van der Waals surface area contributed by atoms with Crippen molar-refractivity contribution in [1.29, 1.82) is 0 Å². The average Bonchev–Trinajstić information content (AvgIpc) is 2.60. The van der Waals surface area contributed by atoms with Gasteiger partial charge in [0.1, 0.15) is 0 Å². The van der Waals surface area contributed by atoms with Gasteiger partial charge in [0, 0.05) is 11.1 Å². The molecule has 0 aromatic heterocycles. The van der Waals surface area contributed by atoms with Crippen LogP contribution < -0.4 is 0 Å². The molecule has 2 nitrogen and oxygen atoms in total. The van der Waals surface area contributed by atoms with Gasteiger partial charge in [0.05, 0.1) is 50.0 Å². The number of halogens is 8. The van der Waals surface area contributed by atoms with Gasteiger partial charge in [0.15, 0.2) is 0 Å². The lowest BCUT2D eigenvalue weighted by Crippen LogP contribution is -2.22. The number of hydrogen-bond donors (Lipinski definition) is 0. The molecule has 1 aliphatic heterocycles. The lowest BCUT2D eigenvalue weighted by Gasteiger charge is -2.26. The van der Waals surface area contributed by atoms with E-state index in [0.29, 0.717) is 16.7 Å². The van der Waals surface area contributed by atoms with Gasteiger partial charge in [-0.2, -0.15) is 18.3 Å². The predicted molar refractivity (Wildman–Crippen MR) is 99.8 cm³/mol. The topological polar surface area (TPSA) is 15.6 Å². The van der Waals surface area contributed by atoms with Crippen molar-refractivity contribution in [1.82, 2.24) is 5.01 Å². The second kappa shape index (κ2) is 7.28. The van der Waals surface area contributed by atoms with Crippen LogP contribution >= 0.6 is 58.0 Å². The summed E-state index contributed by atoms with van der Waals surface area (Å²) in [5.74, 6) is 0. The van der Waals surface area contributed by atoms with Crippen LogP contribution in [0, 0.1) is 0 Å². The van der Waals surface area contributed by atoms with Crippen LogP contribution in [0.5, 0.6) is 0 Å². The first kappa shape index (κ1) is 19.9. The first-order valence-corrected chi connectivity index (χ1v) is 8.98. The normalized spacial score (nSPS) is 13.9. The fraction of sp³-hybridized carbons (Fsp3) is 0.188. The third-order valence-electron chi connectivity index (χ3n) is 3.83. The summed E-state index contributed by atoms with van der Waals surface area (Å²) in [6, 6.07) is 3.51. The van der Waals surface area contributed by atoms with Crippen LogP contribution in [-0.4, -0.2) is 11.2 Å². The standard InChI is InChI=1S/C16H8Cl5F3N2/c17-11-10(12(18)14(20)15(21)13(11)19)6-26-5-7-1-2-9(16(22,23)24)3-8(7)4-25-26/h1-4H,5-6H2.